The third-order valence-corrected chi connectivity index (χ3v) is 6.35. The van der Waals surface area contributed by atoms with Crippen LogP contribution >= 0.6 is 11.6 Å². The van der Waals surface area contributed by atoms with Gasteiger partial charge in [0.2, 0.25) is 10.0 Å². The zero-order valence-corrected chi connectivity index (χ0v) is 15.5. The Bertz CT molecular complexity index is 847. The fourth-order valence-corrected chi connectivity index (χ4v) is 4.38. The van der Waals surface area contributed by atoms with Crippen molar-refractivity contribution < 1.29 is 13.2 Å². The number of morpholine rings is 1. The SMILES string of the molecule is C=C[C@@H]1CN(S(=O)(=O)c2ccc(C)cc2)C[C@H](c2ccc(Cl)cc2)O1. The fraction of sp³-hybridized carbons (Fsp3) is 0.263. The van der Waals surface area contributed by atoms with Crippen LogP contribution in [0.1, 0.15) is 17.2 Å². The Labute approximate surface area is 153 Å². The van der Waals surface area contributed by atoms with E-state index in [1.54, 1.807) is 42.5 Å². The van der Waals surface area contributed by atoms with E-state index in [1.807, 2.05) is 19.1 Å². The lowest BCUT2D eigenvalue weighted by atomic mass is 10.1. The number of nitrogens with zero attached hydrogens (tertiary/aromatic N) is 1. The number of hydrogen-bond acceptors (Lipinski definition) is 3. The first kappa shape index (κ1) is 18.1. The molecule has 132 valence electrons. The number of rotatable bonds is 4. The molecule has 0 aromatic heterocycles. The Morgan fingerprint density at radius 2 is 1.76 bits per heavy atom. The zero-order valence-electron chi connectivity index (χ0n) is 13.9. The first-order chi connectivity index (χ1) is 11.9. The molecule has 6 heteroatoms. The van der Waals surface area contributed by atoms with Gasteiger partial charge in [0.15, 0.2) is 0 Å². The molecule has 2 aromatic carbocycles. The van der Waals surface area contributed by atoms with Crippen molar-refractivity contribution in [3.8, 4) is 0 Å². The lowest BCUT2D eigenvalue weighted by Gasteiger charge is -2.36. The molecule has 0 spiro atoms. The highest BCUT2D eigenvalue weighted by molar-refractivity contribution is 7.89. The second-order valence-corrected chi connectivity index (χ2v) is 8.46. The quantitative estimate of drug-likeness (QED) is 0.757. The molecule has 2 aromatic rings. The first-order valence-corrected chi connectivity index (χ1v) is 9.82. The maximum atomic E-state index is 13.0. The van der Waals surface area contributed by atoms with Crippen LogP contribution in [0.2, 0.25) is 5.02 Å². The fourth-order valence-electron chi connectivity index (χ4n) is 2.80. The molecule has 0 radical (unpaired) electrons. The monoisotopic (exact) mass is 377 g/mol. The maximum Gasteiger partial charge on any atom is 0.243 e. The molecule has 1 aliphatic heterocycles. The number of halogens is 1. The summed E-state index contributed by atoms with van der Waals surface area (Å²) in [5, 5.41) is 0.629. The highest BCUT2D eigenvalue weighted by Crippen LogP contribution is 2.30. The largest absolute Gasteiger partial charge is 0.363 e. The topological polar surface area (TPSA) is 46.6 Å². The molecule has 0 saturated carbocycles. The lowest BCUT2D eigenvalue weighted by Crippen LogP contribution is -2.46. The Morgan fingerprint density at radius 1 is 1.12 bits per heavy atom. The van der Waals surface area contributed by atoms with Crippen LogP contribution in [0.3, 0.4) is 0 Å². The van der Waals surface area contributed by atoms with Crippen molar-refractivity contribution in [1.29, 1.82) is 0 Å². The van der Waals surface area contributed by atoms with Crippen LogP contribution in [0.4, 0.5) is 0 Å². The summed E-state index contributed by atoms with van der Waals surface area (Å²) >= 11 is 5.94. The van der Waals surface area contributed by atoms with Crippen LogP contribution in [-0.2, 0) is 14.8 Å². The number of aryl methyl sites for hydroxylation is 1. The number of ether oxygens (including phenoxy) is 1. The van der Waals surface area contributed by atoms with Crippen LogP contribution in [-0.4, -0.2) is 31.9 Å². The molecule has 4 nitrogen and oxygen atoms in total. The lowest BCUT2D eigenvalue weighted by molar-refractivity contribution is -0.0416. The number of sulfonamides is 1. The summed E-state index contributed by atoms with van der Waals surface area (Å²) in [6, 6.07) is 14.1. The molecule has 0 N–H and O–H groups in total. The average molecular weight is 378 g/mol. The molecule has 0 aliphatic carbocycles. The van der Waals surface area contributed by atoms with Crippen molar-refractivity contribution in [2.24, 2.45) is 0 Å². The average Bonchev–Trinajstić information content (AvgIpc) is 2.62. The number of benzene rings is 2. The van der Waals surface area contributed by atoms with Gasteiger partial charge >= 0.3 is 0 Å². The molecule has 1 fully saturated rings. The highest BCUT2D eigenvalue weighted by atomic mass is 35.5. The molecular formula is C19H20ClNO3S. The van der Waals surface area contributed by atoms with E-state index in [-0.39, 0.29) is 30.2 Å². The zero-order chi connectivity index (χ0) is 18.0. The Morgan fingerprint density at radius 3 is 2.36 bits per heavy atom. The van der Waals surface area contributed by atoms with E-state index in [1.165, 1.54) is 4.31 Å². The van der Waals surface area contributed by atoms with Crippen molar-refractivity contribution in [1.82, 2.24) is 4.31 Å². The van der Waals surface area contributed by atoms with E-state index in [0.29, 0.717) is 5.02 Å². The van der Waals surface area contributed by atoms with E-state index in [9.17, 15) is 8.42 Å². The van der Waals surface area contributed by atoms with Crippen LogP contribution in [0.25, 0.3) is 0 Å². The number of hydrogen-bond donors (Lipinski definition) is 0. The van der Waals surface area contributed by atoms with Crippen molar-refractivity contribution in [3.05, 3.63) is 77.3 Å². The van der Waals surface area contributed by atoms with Crippen molar-refractivity contribution in [2.45, 2.75) is 24.0 Å². The van der Waals surface area contributed by atoms with Gasteiger partial charge in [0, 0.05) is 18.1 Å². The van der Waals surface area contributed by atoms with Crippen molar-refractivity contribution in [2.75, 3.05) is 13.1 Å². The summed E-state index contributed by atoms with van der Waals surface area (Å²) in [7, 11) is -3.59. The highest BCUT2D eigenvalue weighted by Gasteiger charge is 2.35. The molecule has 2 atom stereocenters. The minimum atomic E-state index is -3.59. The second kappa shape index (κ2) is 7.30. The third kappa shape index (κ3) is 3.96. The standard InChI is InChI=1S/C19H20ClNO3S/c1-3-17-12-21(25(22,23)18-10-4-14(2)5-11-18)13-19(24-17)15-6-8-16(20)9-7-15/h3-11,17,19H,1,12-13H2,2H3/t17-,19-/m1/s1. The van der Waals surface area contributed by atoms with Gasteiger partial charge in [-0.05, 0) is 36.8 Å². The summed E-state index contributed by atoms with van der Waals surface area (Å²) in [5.41, 5.74) is 1.91. The van der Waals surface area contributed by atoms with Gasteiger partial charge in [0.1, 0.15) is 0 Å². The van der Waals surface area contributed by atoms with Gasteiger partial charge in [-0.15, -0.1) is 6.58 Å². The molecule has 1 aliphatic rings. The summed E-state index contributed by atoms with van der Waals surface area (Å²) in [6.45, 7) is 6.19. The smallest absolute Gasteiger partial charge is 0.243 e. The van der Waals surface area contributed by atoms with Gasteiger partial charge in [-0.25, -0.2) is 8.42 Å². The summed E-state index contributed by atoms with van der Waals surface area (Å²) < 4.78 is 33.5. The minimum Gasteiger partial charge on any atom is -0.363 e. The molecular weight excluding hydrogens is 358 g/mol. The van der Waals surface area contributed by atoms with E-state index < -0.39 is 10.0 Å². The molecule has 25 heavy (non-hydrogen) atoms. The third-order valence-electron chi connectivity index (χ3n) is 4.26. The molecule has 1 saturated heterocycles. The van der Waals surface area contributed by atoms with Gasteiger partial charge in [0.25, 0.3) is 0 Å². The maximum absolute atomic E-state index is 13.0. The van der Waals surface area contributed by atoms with Crippen LogP contribution < -0.4 is 0 Å². The van der Waals surface area contributed by atoms with Crippen LogP contribution in [0.15, 0.2) is 66.1 Å². The molecule has 1 heterocycles. The summed E-state index contributed by atoms with van der Waals surface area (Å²) in [6.07, 6.45) is 0.906. The first-order valence-electron chi connectivity index (χ1n) is 8.00. The molecule has 3 rings (SSSR count). The van der Waals surface area contributed by atoms with Gasteiger partial charge in [-0.1, -0.05) is 47.5 Å². The Hall–Kier alpha value is -1.66. The van der Waals surface area contributed by atoms with Crippen LogP contribution in [0.5, 0.6) is 0 Å². The molecule has 0 bridgehead atoms. The normalized spacial score (nSPS) is 21.8. The van der Waals surface area contributed by atoms with Gasteiger partial charge in [-0.2, -0.15) is 4.31 Å². The predicted molar refractivity (Wildman–Crippen MR) is 99.2 cm³/mol. The van der Waals surface area contributed by atoms with Crippen molar-refractivity contribution in [3.63, 3.8) is 0 Å². The van der Waals surface area contributed by atoms with E-state index in [4.69, 9.17) is 16.3 Å². The Balaban J connectivity index is 1.90. The predicted octanol–water partition coefficient (Wildman–Crippen LogP) is 3.97. The molecule has 0 unspecified atom stereocenters. The van der Waals surface area contributed by atoms with E-state index in [0.717, 1.165) is 11.1 Å². The van der Waals surface area contributed by atoms with Crippen LogP contribution in [0, 0.1) is 6.92 Å². The van der Waals surface area contributed by atoms with Gasteiger partial charge in [-0.3, -0.25) is 0 Å². The van der Waals surface area contributed by atoms with Gasteiger partial charge in [0.05, 0.1) is 17.1 Å². The summed E-state index contributed by atoms with van der Waals surface area (Å²) in [4.78, 5) is 0.290. The van der Waals surface area contributed by atoms with E-state index in [2.05, 4.69) is 6.58 Å². The molecule has 0 amide bonds. The van der Waals surface area contributed by atoms with Gasteiger partial charge < -0.3 is 4.74 Å². The van der Waals surface area contributed by atoms with Crippen molar-refractivity contribution >= 4 is 21.6 Å². The Kier molecular flexibility index (Phi) is 5.29. The summed E-state index contributed by atoms with van der Waals surface area (Å²) in [5.74, 6) is 0. The second-order valence-electron chi connectivity index (χ2n) is 6.09. The minimum absolute atomic E-state index is 0.252. The van der Waals surface area contributed by atoms with E-state index >= 15 is 0 Å².